The van der Waals surface area contributed by atoms with Crippen LogP contribution in [-0.4, -0.2) is 0 Å². The fourth-order valence-corrected chi connectivity index (χ4v) is 9.79. The minimum atomic E-state index is 1.21. The molecule has 0 nitrogen and oxygen atoms in total. The summed E-state index contributed by atoms with van der Waals surface area (Å²) >= 11 is 0. The molecule has 12 aromatic carbocycles. The zero-order chi connectivity index (χ0) is 38.2. The second kappa shape index (κ2) is 13.0. The Morgan fingerprint density at radius 2 is 0.603 bits per heavy atom. The minimum absolute atomic E-state index is 1.21. The van der Waals surface area contributed by atoms with Crippen LogP contribution in [-0.2, 0) is 0 Å². The highest BCUT2D eigenvalue weighted by molar-refractivity contribution is 6.26. The van der Waals surface area contributed by atoms with E-state index in [-0.39, 0.29) is 0 Å². The van der Waals surface area contributed by atoms with Crippen LogP contribution in [0.5, 0.6) is 0 Å². The number of rotatable bonds is 4. The Labute approximate surface area is 336 Å². The molecule has 0 bridgehead atoms. The van der Waals surface area contributed by atoms with E-state index in [0.717, 1.165) is 0 Å². The summed E-state index contributed by atoms with van der Waals surface area (Å²) in [4.78, 5) is 0. The molecule has 0 radical (unpaired) electrons. The lowest BCUT2D eigenvalue weighted by atomic mass is 9.82. The third kappa shape index (κ3) is 5.02. The van der Waals surface area contributed by atoms with E-state index in [1.807, 2.05) is 0 Å². The van der Waals surface area contributed by atoms with Crippen LogP contribution in [0.25, 0.3) is 120 Å². The lowest BCUT2D eigenvalue weighted by molar-refractivity contribution is 1.64. The molecule has 0 unspecified atom stereocenters. The third-order valence-electron chi connectivity index (χ3n) is 12.4. The van der Waals surface area contributed by atoms with E-state index >= 15 is 0 Å². The molecule has 0 heteroatoms. The molecule has 0 amide bonds. The van der Waals surface area contributed by atoms with Crippen LogP contribution in [0.15, 0.2) is 218 Å². The first-order chi connectivity index (χ1) is 28.8. The van der Waals surface area contributed by atoms with Gasteiger partial charge in [0.05, 0.1) is 0 Å². The summed E-state index contributed by atoms with van der Waals surface area (Å²) in [5, 5.41) is 17.7. The first-order valence-electron chi connectivity index (χ1n) is 20.2. The van der Waals surface area contributed by atoms with Crippen molar-refractivity contribution in [3.8, 4) is 44.5 Å². The van der Waals surface area contributed by atoms with Gasteiger partial charge in [-0.3, -0.25) is 0 Å². The molecule has 12 rings (SSSR count). The molecule has 0 atom stereocenters. The standard InChI is InChI=1S/C58H36/c1-4-18-43-37(14-1)17-13-27-44(43)42-32-33-53-56(36-42)57(39-30-28-38(29-31-39)54-34-40-15-2-5-19-45(40)47-21-7-9-23-49(47)54)51-25-11-12-26-52(51)58(53)55-35-41-16-3-6-20-46(41)48-22-8-10-24-50(48)55/h1-36H. The molecule has 0 aliphatic carbocycles. The van der Waals surface area contributed by atoms with Crippen molar-refractivity contribution in [1.82, 2.24) is 0 Å². The van der Waals surface area contributed by atoms with Gasteiger partial charge in [-0.05, 0) is 138 Å². The van der Waals surface area contributed by atoms with Gasteiger partial charge >= 0.3 is 0 Å². The molecule has 0 aliphatic heterocycles. The summed E-state index contributed by atoms with van der Waals surface area (Å²) in [5.74, 6) is 0. The fourth-order valence-electron chi connectivity index (χ4n) is 9.79. The summed E-state index contributed by atoms with van der Waals surface area (Å²) in [5.41, 5.74) is 9.95. The predicted octanol–water partition coefficient (Wildman–Crippen LogP) is 16.4. The van der Waals surface area contributed by atoms with Crippen LogP contribution in [0.2, 0.25) is 0 Å². The van der Waals surface area contributed by atoms with E-state index in [1.54, 1.807) is 0 Å². The molecule has 0 heterocycles. The van der Waals surface area contributed by atoms with Crippen LogP contribution in [0.1, 0.15) is 0 Å². The Morgan fingerprint density at radius 3 is 1.26 bits per heavy atom. The van der Waals surface area contributed by atoms with E-state index < -0.39 is 0 Å². The molecule has 0 spiro atoms. The van der Waals surface area contributed by atoms with Crippen LogP contribution < -0.4 is 0 Å². The van der Waals surface area contributed by atoms with Crippen molar-refractivity contribution in [1.29, 1.82) is 0 Å². The molecule has 0 saturated carbocycles. The molecule has 0 N–H and O–H groups in total. The van der Waals surface area contributed by atoms with Crippen LogP contribution in [0.4, 0.5) is 0 Å². The van der Waals surface area contributed by atoms with Crippen molar-refractivity contribution in [3.63, 3.8) is 0 Å². The van der Waals surface area contributed by atoms with Crippen LogP contribution in [0.3, 0.4) is 0 Å². The van der Waals surface area contributed by atoms with E-state index in [4.69, 9.17) is 0 Å². The Morgan fingerprint density at radius 1 is 0.172 bits per heavy atom. The van der Waals surface area contributed by atoms with E-state index in [9.17, 15) is 0 Å². The molecule has 0 aromatic heterocycles. The topological polar surface area (TPSA) is 0 Å². The summed E-state index contributed by atoms with van der Waals surface area (Å²) in [6.07, 6.45) is 0. The average Bonchev–Trinajstić information content (AvgIpc) is 3.30. The largest absolute Gasteiger partial charge is 0.0616 e. The van der Waals surface area contributed by atoms with Gasteiger partial charge in [0.1, 0.15) is 0 Å². The van der Waals surface area contributed by atoms with Gasteiger partial charge in [0.25, 0.3) is 0 Å². The van der Waals surface area contributed by atoms with Gasteiger partial charge in [-0.25, -0.2) is 0 Å². The number of hydrogen-bond acceptors (Lipinski definition) is 0. The number of fused-ring (bicyclic) bond motifs is 9. The second-order valence-corrected chi connectivity index (χ2v) is 15.5. The number of benzene rings is 12. The quantitative estimate of drug-likeness (QED) is 0.125. The Bertz CT molecular complexity index is 3600. The molecule has 0 aliphatic rings. The highest BCUT2D eigenvalue weighted by Gasteiger charge is 2.20. The monoisotopic (exact) mass is 732 g/mol. The van der Waals surface area contributed by atoms with Gasteiger partial charge in [-0.15, -0.1) is 0 Å². The zero-order valence-corrected chi connectivity index (χ0v) is 31.8. The van der Waals surface area contributed by atoms with Gasteiger partial charge in [0.15, 0.2) is 0 Å². The smallest absolute Gasteiger partial charge is 0.00199 e. The van der Waals surface area contributed by atoms with Crippen molar-refractivity contribution in [3.05, 3.63) is 218 Å². The van der Waals surface area contributed by atoms with E-state index in [1.165, 1.54) is 120 Å². The normalized spacial score (nSPS) is 11.8. The average molecular weight is 733 g/mol. The maximum Gasteiger partial charge on any atom is -0.00199 e. The Hall–Kier alpha value is -7.54. The molecule has 0 saturated heterocycles. The van der Waals surface area contributed by atoms with Crippen LogP contribution >= 0.6 is 0 Å². The molecule has 268 valence electrons. The van der Waals surface area contributed by atoms with Gasteiger partial charge < -0.3 is 0 Å². The Kier molecular flexibility index (Phi) is 7.33. The van der Waals surface area contributed by atoms with Gasteiger partial charge in [-0.2, -0.15) is 0 Å². The maximum absolute atomic E-state index is 2.45. The second-order valence-electron chi connectivity index (χ2n) is 15.5. The lowest BCUT2D eigenvalue weighted by Crippen LogP contribution is -1.93. The Balaban J connectivity index is 1.16. The first kappa shape index (κ1) is 32.7. The summed E-state index contributed by atoms with van der Waals surface area (Å²) in [6, 6.07) is 81.0. The zero-order valence-electron chi connectivity index (χ0n) is 31.8. The van der Waals surface area contributed by atoms with Crippen molar-refractivity contribution >= 4 is 75.4 Å². The first-order valence-corrected chi connectivity index (χ1v) is 20.2. The van der Waals surface area contributed by atoms with E-state index in [2.05, 4.69) is 218 Å². The van der Waals surface area contributed by atoms with Crippen molar-refractivity contribution in [2.24, 2.45) is 0 Å². The SMILES string of the molecule is c1ccc2c(-c3ccc4c(-c5cc6ccccc6c6ccccc56)c5ccccc5c(-c5ccc(-c6cc7ccccc7c7ccccc67)cc5)c4c3)cccc2c1. The summed E-state index contributed by atoms with van der Waals surface area (Å²) < 4.78 is 0. The maximum atomic E-state index is 2.45. The predicted molar refractivity (Wildman–Crippen MR) is 251 cm³/mol. The molecule has 12 aromatic rings. The summed E-state index contributed by atoms with van der Waals surface area (Å²) in [7, 11) is 0. The van der Waals surface area contributed by atoms with E-state index in [0.29, 0.717) is 0 Å². The highest BCUT2D eigenvalue weighted by atomic mass is 14.2. The third-order valence-corrected chi connectivity index (χ3v) is 12.4. The van der Waals surface area contributed by atoms with Crippen LogP contribution in [0, 0.1) is 0 Å². The molecular formula is C58H36. The fraction of sp³-hybridized carbons (Fsp3) is 0. The summed E-state index contributed by atoms with van der Waals surface area (Å²) in [6.45, 7) is 0. The van der Waals surface area contributed by atoms with Crippen molar-refractivity contribution < 1.29 is 0 Å². The molecule has 0 fully saturated rings. The van der Waals surface area contributed by atoms with Gasteiger partial charge in [0.2, 0.25) is 0 Å². The van der Waals surface area contributed by atoms with Crippen molar-refractivity contribution in [2.45, 2.75) is 0 Å². The van der Waals surface area contributed by atoms with Gasteiger partial charge in [-0.1, -0.05) is 200 Å². The van der Waals surface area contributed by atoms with Gasteiger partial charge in [0, 0.05) is 0 Å². The lowest BCUT2D eigenvalue weighted by Gasteiger charge is -2.21. The molecule has 58 heavy (non-hydrogen) atoms. The minimum Gasteiger partial charge on any atom is -0.0616 e. The van der Waals surface area contributed by atoms with Crippen molar-refractivity contribution in [2.75, 3.05) is 0 Å². The highest BCUT2D eigenvalue weighted by Crippen LogP contribution is 2.48. The molecular weight excluding hydrogens is 697 g/mol. The number of hydrogen-bond donors (Lipinski definition) is 0.